The molecule has 0 aromatic carbocycles. The minimum atomic E-state index is -2.21. The molecule has 0 spiro atoms. The Morgan fingerprint density at radius 3 is 2.24 bits per heavy atom. The molecule has 2 aliphatic rings. The van der Waals surface area contributed by atoms with E-state index in [9.17, 15) is 4.79 Å². The molecule has 0 saturated carbocycles. The third-order valence-corrected chi connectivity index (χ3v) is 22.0. The number of ether oxygens (including phenoxy) is 1. The number of aromatic amines is 1. The van der Waals surface area contributed by atoms with Crippen LogP contribution in [-0.4, -0.2) is 55.0 Å². The molecule has 3 N–H and O–H groups in total. The number of nitrogens with one attached hydrogen (secondary N) is 1. The van der Waals surface area contributed by atoms with Crippen LogP contribution in [-0.2, 0) is 13.6 Å². The van der Waals surface area contributed by atoms with Crippen LogP contribution in [0, 0.1) is 0 Å². The monoisotopic (exact) mass is 507 g/mol. The van der Waals surface area contributed by atoms with E-state index in [1.54, 1.807) is 6.33 Å². The van der Waals surface area contributed by atoms with E-state index < -0.39 is 16.6 Å². The van der Waals surface area contributed by atoms with Gasteiger partial charge in [0, 0.05) is 6.42 Å². The smallest absolute Gasteiger partial charge is 0.280 e. The molecule has 0 aliphatic carbocycles. The quantitative estimate of drug-likeness (QED) is 0.573. The fourth-order valence-corrected chi connectivity index (χ4v) is 22.0. The standard InChI is InChI=1S/C23H41N5O4Si2/c1-13(2)33(14(3)4)12-34(15(5)6,16(7)8)32-17-9-19(31-18(17)10-30-33)28-11-25-20-21(28)26-23(24)27-22(20)29/h11,13-19H,9-10,12H2,1-8H3,(H3,24,26,27,29)/t17?,18-,19-/m1/s1. The molecule has 2 aromatic rings. The summed E-state index contributed by atoms with van der Waals surface area (Å²) >= 11 is 0. The first-order chi connectivity index (χ1) is 15.9. The highest BCUT2D eigenvalue weighted by Crippen LogP contribution is 2.50. The topological polar surface area (TPSA) is 117 Å². The number of imidazole rings is 1. The number of nitrogen functional groups attached to an aromatic ring is 1. The van der Waals surface area contributed by atoms with Gasteiger partial charge in [-0.15, -0.1) is 0 Å². The molecule has 9 nitrogen and oxygen atoms in total. The summed E-state index contributed by atoms with van der Waals surface area (Å²) < 4.78 is 22.7. The molecule has 0 bridgehead atoms. The summed E-state index contributed by atoms with van der Waals surface area (Å²) in [5, 5.41) is 0. The van der Waals surface area contributed by atoms with Crippen molar-refractivity contribution in [2.45, 2.75) is 108 Å². The zero-order valence-electron chi connectivity index (χ0n) is 21.8. The van der Waals surface area contributed by atoms with E-state index in [0.29, 0.717) is 40.8 Å². The molecule has 2 saturated heterocycles. The largest absolute Gasteiger partial charge is 0.414 e. The summed E-state index contributed by atoms with van der Waals surface area (Å²) in [7, 11) is -4.34. The van der Waals surface area contributed by atoms with Crippen LogP contribution in [0.25, 0.3) is 11.2 Å². The Labute approximate surface area is 204 Å². The number of nitrogens with zero attached hydrogens (tertiary/aromatic N) is 3. The molecule has 1 unspecified atom stereocenters. The van der Waals surface area contributed by atoms with E-state index in [-0.39, 0.29) is 35.5 Å². The van der Waals surface area contributed by atoms with Gasteiger partial charge in [-0.05, 0) is 27.8 Å². The Balaban J connectivity index is 1.74. The fourth-order valence-electron chi connectivity index (χ4n) is 6.10. The summed E-state index contributed by atoms with van der Waals surface area (Å²) in [6.07, 6.45) is 1.71. The predicted octanol–water partition coefficient (Wildman–Crippen LogP) is 4.47. The summed E-state index contributed by atoms with van der Waals surface area (Å²) in [5.74, 6) is 0.0681. The summed E-state index contributed by atoms with van der Waals surface area (Å²) in [5.41, 5.74) is 9.19. The van der Waals surface area contributed by atoms with Gasteiger partial charge in [0.1, 0.15) is 12.3 Å². The Morgan fingerprint density at radius 2 is 1.65 bits per heavy atom. The number of nitrogens with two attached hydrogens (primary N) is 1. The maximum Gasteiger partial charge on any atom is 0.280 e. The van der Waals surface area contributed by atoms with E-state index in [2.05, 4.69) is 70.3 Å². The second-order valence-electron chi connectivity index (χ2n) is 11.3. The highest BCUT2D eigenvalue weighted by atomic mass is 28.4. The van der Waals surface area contributed by atoms with Crippen LogP contribution >= 0.6 is 0 Å². The summed E-state index contributed by atoms with van der Waals surface area (Å²) in [4.78, 5) is 23.4. The van der Waals surface area contributed by atoms with Crippen molar-refractivity contribution in [3.63, 3.8) is 0 Å². The maximum absolute atomic E-state index is 12.3. The van der Waals surface area contributed by atoms with E-state index in [0.717, 1.165) is 5.67 Å². The number of rotatable bonds is 5. The first-order valence-corrected chi connectivity index (χ1v) is 17.1. The van der Waals surface area contributed by atoms with Crippen molar-refractivity contribution >= 4 is 33.7 Å². The minimum Gasteiger partial charge on any atom is -0.414 e. The molecule has 190 valence electrons. The predicted molar refractivity (Wildman–Crippen MR) is 139 cm³/mol. The third kappa shape index (κ3) is 4.08. The lowest BCUT2D eigenvalue weighted by molar-refractivity contribution is -0.0411. The number of anilines is 1. The average Bonchev–Trinajstić information content (AvgIpc) is 3.31. The zero-order chi connectivity index (χ0) is 25.0. The molecule has 2 aliphatic heterocycles. The van der Waals surface area contributed by atoms with Gasteiger partial charge in [0.2, 0.25) is 5.95 Å². The van der Waals surface area contributed by atoms with Crippen LogP contribution in [0.1, 0.15) is 68.0 Å². The molecular formula is C23H41N5O4Si2. The first-order valence-electron chi connectivity index (χ1n) is 12.6. The van der Waals surface area contributed by atoms with Crippen molar-refractivity contribution in [1.29, 1.82) is 0 Å². The van der Waals surface area contributed by atoms with Crippen molar-refractivity contribution in [1.82, 2.24) is 19.5 Å². The van der Waals surface area contributed by atoms with Gasteiger partial charge in [-0.3, -0.25) is 14.3 Å². The van der Waals surface area contributed by atoms with Crippen LogP contribution < -0.4 is 11.3 Å². The molecule has 0 radical (unpaired) electrons. The van der Waals surface area contributed by atoms with Gasteiger partial charge in [-0.25, -0.2) is 4.98 Å². The number of hydrogen-bond acceptors (Lipinski definition) is 7. The van der Waals surface area contributed by atoms with Gasteiger partial charge >= 0.3 is 0 Å². The van der Waals surface area contributed by atoms with Crippen LogP contribution in [0.15, 0.2) is 11.1 Å². The Bertz CT molecular complexity index is 1070. The maximum atomic E-state index is 12.3. The minimum absolute atomic E-state index is 0.0652. The third-order valence-electron chi connectivity index (χ3n) is 8.29. The summed E-state index contributed by atoms with van der Waals surface area (Å²) in [6.45, 7) is 19.2. The van der Waals surface area contributed by atoms with Crippen LogP contribution in [0.4, 0.5) is 5.95 Å². The van der Waals surface area contributed by atoms with Gasteiger partial charge in [0.25, 0.3) is 5.56 Å². The molecule has 2 aromatic heterocycles. The summed E-state index contributed by atoms with van der Waals surface area (Å²) in [6, 6.07) is 0. The van der Waals surface area contributed by atoms with E-state index >= 15 is 0 Å². The number of H-pyrrole nitrogens is 1. The van der Waals surface area contributed by atoms with Gasteiger partial charge < -0.3 is 19.3 Å². The lowest BCUT2D eigenvalue weighted by atomic mass is 10.2. The molecule has 4 heterocycles. The number of fused-ring (bicyclic) bond motifs is 2. The molecule has 34 heavy (non-hydrogen) atoms. The molecule has 4 rings (SSSR count). The van der Waals surface area contributed by atoms with Crippen LogP contribution in [0.3, 0.4) is 0 Å². The van der Waals surface area contributed by atoms with Crippen molar-refractivity contribution in [2.75, 3.05) is 12.3 Å². The van der Waals surface area contributed by atoms with Gasteiger partial charge in [0.05, 0.1) is 19.0 Å². The molecule has 2 fully saturated rings. The number of hydrogen-bond donors (Lipinski definition) is 2. The second-order valence-corrected chi connectivity index (χ2v) is 21.7. The Morgan fingerprint density at radius 1 is 1.03 bits per heavy atom. The Hall–Kier alpha value is -1.54. The average molecular weight is 508 g/mol. The normalized spacial score (nSPS) is 27.0. The highest BCUT2D eigenvalue weighted by molar-refractivity contribution is 6.94. The molecule has 0 amide bonds. The second kappa shape index (κ2) is 9.16. The number of aromatic nitrogens is 4. The highest BCUT2D eigenvalue weighted by Gasteiger charge is 2.58. The van der Waals surface area contributed by atoms with E-state index in [1.807, 2.05) is 4.57 Å². The first kappa shape index (κ1) is 25.6. The van der Waals surface area contributed by atoms with E-state index in [4.69, 9.17) is 19.3 Å². The van der Waals surface area contributed by atoms with E-state index in [1.165, 1.54) is 0 Å². The fraction of sp³-hybridized carbons (Fsp3) is 0.783. The van der Waals surface area contributed by atoms with Crippen molar-refractivity contribution in [3.8, 4) is 0 Å². The van der Waals surface area contributed by atoms with Gasteiger partial charge in [-0.1, -0.05) is 55.4 Å². The van der Waals surface area contributed by atoms with Crippen LogP contribution in [0.5, 0.6) is 0 Å². The lowest BCUT2D eigenvalue weighted by Gasteiger charge is -2.51. The van der Waals surface area contributed by atoms with Crippen molar-refractivity contribution < 1.29 is 13.6 Å². The van der Waals surface area contributed by atoms with Gasteiger partial charge in [0.15, 0.2) is 27.8 Å². The molecular weight excluding hydrogens is 466 g/mol. The SMILES string of the molecule is CC(C)[Si]1(C(C)C)C[Si](C(C)C)(C(C)C)OC2C[C@H](n3cnc4c(=O)[nH]c(N)nc43)O[C@@H]2CO1. The van der Waals surface area contributed by atoms with Crippen molar-refractivity contribution in [2.24, 2.45) is 0 Å². The molecule has 3 atom stereocenters. The van der Waals surface area contributed by atoms with Crippen LogP contribution in [0.2, 0.25) is 27.8 Å². The lowest BCUT2D eigenvalue weighted by Crippen LogP contribution is -2.61. The molecule has 11 heteroatoms. The van der Waals surface area contributed by atoms with Crippen molar-refractivity contribution in [3.05, 3.63) is 16.7 Å². The zero-order valence-corrected chi connectivity index (χ0v) is 23.8. The van der Waals surface area contributed by atoms with Gasteiger partial charge in [-0.2, -0.15) is 4.98 Å². The Kier molecular flexibility index (Phi) is 6.88.